The van der Waals surface area contributed by atoms with Gasteiger partial charge in [0.1, 0.15) is 11.9 Å². The van der Waals surface area contributed by atoms with Gasteiger partial charge >= 0.3 is 5.97 Å². The van der Waals surface area contributed by atoms with E-state index in [0.717, 1.165) is 48.7 Å². The van der Waals surface area contributed by atoms with Crippen molar-refractivity contribution in [1.82, 2.24) is 15.2 Å². The number of methoxy groups -OCH3 is 1. The number of phenolic OH excluding ortho intramolecular Hbond substituents is 1. The number of rotatable bonds is 11. The quantitative estimate of drug-likeness (QED) is 0.385. The number of esters is 1. The number of carbonyl (C=O) groups excluding carboxylic acids is 1. The smallest absolute Gasteiger partial charge is 0.323 e. The van der Waals surface area contributed by atoms with Crippen LogP contribution in [0.4, 0.5) is 5.82 Å². The van der Waals surface area contributed by atoms with Gasteiger partial charge in [0.25, 0.3) is 0 Å². The second kappa shape index (κ2) is 13.1. The van der Waals surface area contributed by atoms with Gasteiger partial charge in [0.15, 0.2) is 11.5 Å². The number of pyridine rings is 1. The molecule has 3 aromatic rings. The number of anilines is 1. The Morgan fingerprint density at radius 3 is 2.49 bits per heavy atom. The molecular weight excluding hydrogens is 468 g/mol. The average molecular weight is 505 g/mol. The van der Waals surface area contributed by atoms with Crippen LogP contribution in [0.5, 0.6) is 11.5 Å². The van der Waals surface area contributed by atoms with Crippen molar-refractivity contribution in [2.75, 3.05) is 44.8 Å². The molecule has 2 aromatic carbocycles. The van der Waals surface area contributed by atoms with Crippen LogP contribution in [0, 0.1) is 0 Å². The number of hydrogen-bond donors (Lipinski definition) is 2. The number of benzene rings is 2. The Balaban J connectivity index is 1.42. The molecule has 8 nitrogen and oxygen atoms in total. The van der Waals surface area contributed by atoms with E-state index in [0.29, 0.717) is 31.9 Å². The van der Waals surface area contributed by atoms with E-state index >= 15 is 0 Å². The lowest BCUT2D eigenvalue weighted by atomic mass is 10.0. The highest BCUT2D eigenvalue weighted by Gasteiger charge is 2.22. The largest absolute Gasteiger partial charge is 0.504 e. The Bertz CT molecular complexity index is 1140. The van der Waals surface area contributed by atoms with E-state index in [2.05, 4.69) is 20.1 Å². The summed E-state index contributed by atoms with van der Waals surface area (Å²) in [6, 6.07) is 19.2. The number of piperazine rings is 1. The van der Waals surface area contributed by atoms with Crippen molar-refractivity contribution in [3.63, 3.8) is 0 Å². The number of nitrogens with one attached hydrogen (secondary N) is 1. The number of carbonyl (C=O) groups is 1. The highest BCUT2D eigenvalue weighted by Crippen LogP contribution is 2.33. The molecule has 0 aliphatic carbocycles. The maximum atomic E-state index is 12.6. The molecule has 2 N–H and O–H groups in total. The zero-order valence-corrected chi connectivity index (χ0v) is 21.6. The SMILES string of the molecule is CCOC(=O)[C@H](Cc1ccccc1)NCc1cc(CN2CCN(c3ccccn3)CC2)c(O)c(OC)c1. The van der Waals surface area contributed by atoms with Gasteiger partial charge in [-0.1, -0.05) is 36.4 Å². The molecule has 1 saturated heterocycles. The lowest BCUT2D eigenvalue weighted by Crippen LogP contribution is -2.46. The van der Waals surface area contributed by atoms with Crippen molar-refractivity contribution in [3.8, 4) is 11.5 Å². The van der Waals surface area contributed by atoms with Gasteiger partial charge in [-0.05, 0) is 48.7 Å². The summed E-state index contributed by atoms with van der Waals surface area (Å²) in [5.74, 6) is 1.30. The molecule has 1 aliphatic rings. The van der Waals surface area contributed by atoms with E-state index in [4.69, 9.17) is 9.47 Å². The molecule has 0 bridgehead atoms. The Labute approximate surface area is 218 Å². The second-order valence-corrected chi connectivity index (χ2v) is 9.13. The summed E-state index contributed by atoms with van der Waals surface area (Å²) in [5.41, 5.74) is 2.79. The van der Waals surface area contributed by atoms with Crippen LogP contribution in [-0.2, 0) is 29.0 Å². The minimum atomic E-state index is -0.481. The molecule has 2 heterocycles. The molecular formula is C29H36N4O4. The fraction of sp³-hybridized carbons (Fsp3) is 0.379. The van der Waals surface area contributed by atoms with Crippen LogP contribution >= 0.6 is 0 Å². The molecule has 0 unspecified atom stereocenters. The van der Waals surface area contributed by atoms with Crippen molar-refractivity contribution in [2.45, 2.75) is 32.5 Å². The van der Waals surface area contributed by atoms with Gasteiger partial charge in [0, 0.05) is 51.0 Å². The maximum Gasteiger partial charge on any atom is 0.323 e. The van der Waals surface area contributed by atoms with Gasteiger partial charge in [-0.3, -0.25) is 9.69 Å². The van der Waals surface area contributed by atoms with Gasteiger partial charge in [-0.2, -0.15) is 0 Å². The molecule has 0 radical (unpaired) electrons. The van der Waals surface area contributed by atoms with Crippen LogP contribution in [-0.4, -0.2) is 66.9 Å². The summed E-state index contributed by atoms with van der Waals surface area (Å²) in [4.78, 5) is 21.7. The number of aromatic hydroxyl groups is 1. The predicted octanol–water partition coefficient (Wildman–Crippen LogP) is 3.38. The van der Waals surface area contributed by atoms with Crippen molar-refractivity contribution in [1.29, 1.82) is 0 Å². The molecule has 4 rings (SSSR count). The molecule has 196 valence electrons. The minimum absolute atomic E-state index is 0.157. The maximum absolute atomic E-state index is 12.6. The first-order valence-electron chi connectivity index (χ1n) is 12.8. The molecule has 1 atom stereocenters. The summed E-state index contributed by atoms with van der Waals surface area (Å²) in [6.45, 7) is 6.66. The Hall–Kier alpha value is -3.62. The van der Waals surface area contributed by atoms with Crippen LogP contribution in [0.15, 0.2) is 66.9 Å². The predicted molar refractivity (Wildman–Crippen MR) is 144 cm³/mol. The molecule has 0 spiro atoms. The van der Waals surface area contributed by atoms with E-state index in [1.54, 1.807) is 7.11 Å². The highest BCUT2D eigenvalue weighted by atomic mass is 16.5. The zero-order chi connectivity index (χ0) is 26.0. The first-order chi connectivity index (χ1) is 18.1. The summed E-state index contributed by atoms with van der Waals surface area (Å²) in [6.07, 6.45) is 2.35. The first-order valence-corrected chi connectivity index (χ1v) is 12.8. The third-order valence-corrected chi connectivity index (χ3v) is 6.58. The second-order valence-electron chi connectivity index (χ2n) is 9.13. The number of ether oxygens (including phenoxy) is 2. The molecule has 1 aromatic heterocycles. The van der Waals surface area contributed by atoms with Crippen LogP contribution < -0.4 is 15.0 Å². The standard InChI is InChI=1S/C29H36N4O4/c1-3-37-29(35)25(18-22-9-5-4-6-10-22)31-20-23-17-24(28(34)26(19-23)36-2)21-32-13-15-33(16-14-32)27-11-7-8-12-30-27/h4-12,17,19,25,31,34H,3,13-16,18,20-21H2,1-2H3/t25-/m0/s1. The summed E-state index contributed by atoms with van der Waals surface area (Å²) >= 11 is 0. The van der Waals surface area contributed by atoms with Gasteiger partial charge in [-0.15, -0.1) is 0 Å². The fourth-order valence-electron chi connectivity index (χ4n) is 4.60. The summed E-state index contributed by atoms with van der Waals surface area (Å²) in [5, 5.41) is 14.2. The normalized spacial score (nSPS) is 14.8. The molecule has 37 heavy (non-hydrogen) atoms. The Morgan fingerprint density at radius 1 is 1.05 bits per heavy atom. The molecule has 0 amide bonds. The molecule has 8 heteroatoms. The number of phenols is 1. The Kier molecular flexibility index (Phi) is 9.35. The molecule has 1 aliphatic heterocycles. The lowest BCUT2D eigenvalue weighted by molar-refractivity contribution is -0.145. The van der Waals surface area contributed by atoms with Crippen LogP contribution in [0.3, 0.4) is 0 Å². The molecule has 0 saturated carbocycles. The van der Waals surface area contributed by atoms with Crippen molar-refractivity contribution < 1.29 is 19.4 Å². The summed E-state index contributed by atoms with van der Waals surface area (Å²) in [7, 11) is 1.55. The first kappa shape index (κ1) is 26.4. The van der Waals surface area contributed by atoms with Crippen molar-refractivity contribution in [3.05, 3.63) is 83.6 Å². The van der Waals surface area contributed by atoms with E-state index < -0.39 is 6.04 Å². The number of hydrogen-bond acceptors (Lipinski definition) is 8. The van der Waals surface area contributed by atoms with Crippen molar-refractivity contribution in [2.24, 2.45) is 0 Å². The van der Waals surface area contributed by atoms with Crippen LogP contribution in [0.1, 0.15) is 23.6 Å². The van der Waals surface area contributed by atoms with E-state index in [1.165, 1.54) is 0 Å². The zero-order valence-electron chi connectivity index (χ0n) is 21.6. The van der Waals surface area contributed by atoms with E-state index in [-0.39, 0.29) is 11.7 Å². The van der Waals surface area contributed by atoms with Gasteiger partial charge in [-0.25, -0.2) is 4.98 Å². The third kappa shape index (κ3) is 7.21. The summed E-state index contributed by atoms with van der Waals surface area (Å²) < 4.78 is 10.8. The topological polar surface area (TPSA) is 87.2 Å². The van der Waals surface area contributed by atoms with Gasteiger partial charge in [0.05, 0.1) is 13.7 Å². The lowest BCUT2D eigenvalue weighted by Gasteiger charge is -2.35. The van der Waals surface area contributed by atoms with E-state index in [1.807, 2.05) is 73.8 Å². The van der Waals surface area contributed by atoms with Gasteiger partial charge < -0.3 is 24.8 Å². The highest BCUT2D eigenvalue weighted by molar-refractivity contribution is 5.76. The van der Waals surface area contributed by atoms with Crippen molar-refractivity contribution >= 4 is 11.8 Å². The number of aromatic nitrogens is 1. The van der Waals surface area contributed by atoms with E-state index in [9.17, 15) is 9.90 Å². The van der Waals surface area contributed by atoms with Gasteiger partial charge in [0.2, 0.25) is 0 Å². The Morgan fingerprint density at radius 2 is 1.81 bits per heavy atom. The molecule has 1 fully saturated rings. The average Bonchev–Trinajstić information content (AvgIpc) is 2.94. The third-order valence-electron chi connectivity index (χ3n) is 6.58. The monoisotopic (exact) mass is 504 g/mol. The minimum Gasteiger partial charge on any atom is -0.504 e. The van der Waals surface area contributed by atoms with Crippen LogP contribution in [0.2, 0.25) is 0 Å². The fourth-order valence-corrected chi connectivity index (χ4v) is 4.60. The number of nitrogens with zero attached hydrogens (tertiary/aromatic N) is 3. The van der Waals surface area contributed by atoms with Crippen LogP contribution in [0.25, 0.3) is 0 Å².